The van der Waals surface area contributed by atoms with Crippen LogP contribution in [-0.2, 0) is 0 Å². The van der Waals surface area contributed by atoms with Crippen molar-refractivity contribution in [2.24, 2.45) is 5.73 Å². The molecule has 98 valence electrons. The van der Waals surface area contributed by atoms with Crippen LogP contribution in [0.25, 0.3) is 0 Å². The molecular weight excluding hydrogens is 234 g/mol. The molecule has 0 saturated carbocycles. The summed E-state index contributed by atoms with van der Waals surface area (Å²) in [6.07, 6.45) is -0.0118. The number of nitrogens with two attached hydrogens (primary N) is 1. The van der Waals surface area contributed by atoms with Crippen molar-refractivity contribution in [3.63, 3.8) is 0 Å². The van der Waals surface area contributed by atoms with Crippen LogP contribution in [0.4, 0.5) is 5.69 Å². The molecule has 0 fully saturated rings. The van der Waals surface area contributed by atoms with E-state index in [0.29, 0.717) is 17.7 Å². The zero-order valence-electron chi connectivity index (χ0n) is 10.7. The van der Waals surface area contributed by atoms with E-state index in [9.17, 15) is 10.1 Å². The maximum atomic E-state index is 10.9. The summed E-state index contributed by atoms with van der Waals surface area (Å²) in [6.45, 7) is 5.32. The first-order chi connectivity index (χ1) is 8.36. The Hall–Kier alpha value is -2.11. The summed E-state index contributed by atoms with van der Waals surface area (Å²) >= 11 is 0. The van der Waals surface area contributed by atoms with Crippen LogP contribution >= 0.6 is 0 Å². The van der Waals surface area contributed by atoms with E-state index in [1.807, 2.05) is 6.92 Å². The lowest BCUT2D eigenvalue weighted by Crippen LogP contribution is -2.32. The van der Waals surface area contributed by atoms with Crippen molar-refractivity contribution in [1.82, 2.24) is 0 Å². The molecular formula is C12H17N3O3. The van der Waals surface area contributed by atoms with Gasteiger partial charge in [0.1, 0.15) is 11.6 Å². The first-order valence-corrected chi connectivity index (χ1v) is 5.63. The second-order valence-corrected chi connectivity index (χ2v) is 4.13. The van der Waals surface area contributed by atoms with Crippen molar-refractivity contribution in [2.45, 2.75) is 33.3 Å². The highest BCUT2D eigenvalue weighted by atomic mass is 16.6. The zero-order valence-corrected chi connectivity index (χ0v) is 10.7. The fraction of sp³-hybridized carbons (Fsp3) is 0.417. The SMILES string of the molecule is CCC(Oc1cc([N+](=O)[O-])c(C)cc1C)C(=N)N. The standard InChI is InChI=1S/C12H17N3O3/c1-4-10(12(13)14)18-11-6-9(15(16)17)7(2)5-8(11)3/h5-6,10H,4H2,1-3H3,(H3,13,14). The number of hydrogen-bond donors (Lipinski definition) is 2. The van der Waals surface area contributed by atoms with Gasteiger partial charge in [-0.3, -0.25) is 15.5 Å². The minimum atomic E-state index is -0.550. The van der Waals surface area contributed by atoms with Gasteiger partial charge in [0.15, 0.2) is 6.10 Å². The van der Waals surface area contributed by atoms with E-state index in [0.717, 1.165) is 5.56 Å². The number of amidine groups is 1. The van der Waals surface area contributed by atoms with Gasteiger partial charge in [0.2, 0.25) is 0 Å². The maximum Gasteiger partial charge on any atom is 0.276 e. The van der Waals surface area contributed by atoms with E-state index in [4.69, 9.17) is 15.9 Å². The van der Waals surface area contributed by atoms with Crippen LogP contribution in [0.3, 0.4) is 0 Å². The third kappa shape index (κ3) is 2.97. The topological polar surface area (TPSA) is 102 Å². The molecule has 18 heavy (non-hydrogen) atoms. The third-order valence-electron chi connectivity index (χ3n) is 2.68. The molecule has 0 bridgehead atoms. The maximum absolute atomic E-state index is 10.9. The number of nitrogens with zero attached hydrogens (tertiary/aromatic N) is 1. The van der Waals surface area contributed by atoms with Crippen LogP contribution in [-0.4, -0.2) is 16.9 Å². The van der Waals surface area contributed by atoms with Crippen LogP contribution in [0.15, 0.2) is 12.1 Å². The highest BCUT2D eigenvalue weighted by Gasteiger charge is 2.18. The van der Waals surface area contributed by atoms with E-state index >= 15 is 0 Å². The lowest BCUT2D eigenvalue weighted by atomic mass is 10.1. The highest BCUT2D eigenvalue weighted by Crippen LogP contribution is 2.29. The molecule has 1 unspecified atom stereocenters. The van der Waals surface area contributed by atoms with Crippen LogP contribution in [0.1, 0.15) is 24.5 Å². The number of ether oxygens (including phenoxy) is 1. The fourth-order valence-electron chi connectivity index (χ4n) is 1.67. The smallest absolute Gasteiger partial charge is 0.276 e. The average molecular weight is 251 g/mol. The van der Waals surface area contributed by atoms with Gasteiger partial charge in [0.25, 0.3) is 5.69 Å². The molecule has 0 aliphatic heterocycles. The van der Waals surface area contributed by atoms with Crippen molar-refractivity contribution in [1.29, 1.82) is 5.41 Å². The summed E-state index contributed by atoms with van der Waals surface area (Å²) in [5.74, 6) is 0.314. The Morgan fingerprint density at radius 1 is 1.50 bits per heavy atom. The number of nitrogens with one attached hydrogen (secondary N) is 1. The van der Waals surface area contributed by atoms with Gasteiger partial charge >= 0.3 is 0 Å². The molecule has 0 radical (unpaired) electrons. The first kappa shape index (κ1) is 14.0. The van der Waals surface area contributed by atoms with Crippen LogP contribution in [0.2, 0.25) is 0 Å². The molecule has 1 rings (SSSR count). The largest absolute Gasteiger partial charge is 0.482 e. The lowest BCUT2D eigenvalue weighted by Gasteiger charge is -2.17. The van der Waals surface area contributed by atoms with Crippen molar-refractivity contribution in [2.75, 3.05) is 0 Å². The van der Waals surface area contributed by atoms with Crippen LogP contribution in [0, 0.1) is 29.4 Å². The Morgan fingerprint density at radius 2 is 2.11 bits per heavy atom. The van der Waals surface area contributed by atoms with Gasteiger partial charge in [-0.25, -0.2) is 0 Å². The van der Waals surface area contributed by atoms with Gasteiger partial charge in [-0.2, -0.15) is 0 Å². The highest BCUT2D eigenvalue weighted by molar-refractivity contribution is 5.82. The van der Waals surface area contributed by atoms with Crippen molar-refractivity contribution in [3.05, 3.63) is 33.4 Å². The Morgan fingerprint density at radius 3 is 2.56 bits per heavy atom. The summed E-state index contributed by atoms with van der Waals surface area (Å²) in [4.78, 5) is 10.4. The number of benzene rings is 1. The normalized spacial score (nSPS) is 11.9. The predicted molar refractivity (Wildman–Crippen MR) is 69.2 cm³/mol. The Kier molecular flexibility index (Phi) is 4.25. The quantitative estimate of drug-likeness (QED) is 0.362. The molecule has 3 N–H and O–H groups in total. The van der Waals surface area contributed by atoms with Gasteiger partial charge in [-0.15, -0.1) is 0 Å². The molecule has 0 saturated heterocycles. The Bertz CT molecular complexity index is 486. The number of nitro benzene ring substituents is 1. The van der Waals surface area contributed by atoms with Crippen molar-refractivity contribution in [3.8, 4) is 5.75 Å². The van der Waals surface area contributed by atoms with E-state index in [1.165, 1.54) is 6.07 Å². The molecule has 6 nitrogen and oxygen atoms in total. The van der Waals surface area contributed by atoms with Gasteiger partial charge < -0.3 is 10.5 Å². The van der Waals surface area contributed by atoms with Gasteiger partial charge in [0, 0.05) is 5.56 Å². The molecule has 0 spiro atoms. The van der Waals surface area contributed by atoms with E-state index in [2.05, 4.69) is 0 Å². The molecule has 6 heteroatoms. The fourth-order valence-corrected chi connectivity index (χ4v) is 1.67. The first-order valence-electron chi connectivity index (χ1n) is 5.63. The zero-order chi connectivity index (χ0) is 13.9. The predicted octanol–water partition coefficient (Wildman–Crippen LogP) is 2.31. The monoisotopic (exact) mass is 251 g/mol. The van der Waals surface area contributed by atoms with Crippen LogP contribution < -0.4 is 10.5 Å². The number of nitro groups is 1. The lowest BCUT2D eigenvalue weighted by molar-refractivity contribution is -0.385. The summed E-state index contributed by atoms with van der Waals surface area (Å²) in [5.41, 5.74) is 6.78. The second kappa shape index (κ2) is 5.48. The van der Waals surface area contributed by atoms with Gasteiger partial charge in [0.05, 0.1) is 11.0 Å². The molecule has 0 aliphatic rings. The number of aryl methyl sites for hydroxylation is 2. The summed E-state index contributed by atoms with van der Waals surface area (Å²) < 4.78 is 5.55. The van der Waals surface area contributed by atoms with Crippen molar-refractivity contribution >= 4 is 11.5 Å². The van der Waals surface area contributed by atoms with Crippen molar-refractivity contribution < 1.29 is 9.66 Å². The number of rotatable bonds is 5. The number of hydrogen-bond acceptors (Lipinski definition) is 4. The van der Waals surface area contributed by atoms with Gasteiger partial charge in [-0.05, 0) is 31.9 Å². The average Bonchev–Trinajstić information content (AvgIpc) is 2.26. The van der Waals surface area contributed by atoms with E-state index in [-0.39, 0.29) is 11.5 Å². The van der Waals surface area contributed by atoms with Crippen LogP contribution in [0.5, 0.6) is 5.75 Å². The molecule has 0 aliphatic carbocycles. The molecule has 1 atom stereocenters. The molecule has 0 heterocycles. The minimum Gasteiger partial charge on any atom is -0.482 e. The minimum absolute atomic E-state index is 0.00834. The second-order valence-electron chi connectivity index (χ2n) is 4.13. The Labute approximate surface area is 105 Å². The molecule has 1 aromatic carbocycles. The summed E-state index contributed by atoms with van der Waals surface area (Å²) in [5, 5.41) is 18.2. The summed E-state index contributed by atoms with van der Waals surface area (Å²) in [6, 6.07) is 3.08. The van der Waals surface area contributed by atoms with E-state index in [1.54, 1.807) is 19.9 Å². The molecule has 1 aromatic rings. The molecule has 0 amide bonds. The Balaban J connectivity index is 3.12. The third-order valence-corrected chi connectivity index (χ3v) is 2.68. The van der Waals surface area contributed by atoms with E-state index < -0.39 is 11.0 Å². The molecule has 0 aromatic heterocycles. The van der Waals surface area contributed by atoms with Gasteiger partial charge in [-0.1, -0.05) is 6.92 Å². The summed E-state index contributed by atoms with van der Waals surface area (Å²) in [7, 11) is 0.